The van der Waals surface area contributed by atoms with Gasteiger partial charge in [-0.1, -0.05) is 11.6 Å². The van der Waals surface area contributed by atoms with Crippen molar-refractivity contribution >= 4 is 5.57 Å². The minimum absolute atomic E-state index is 0.0493. The lowest BCUT2D eigenvalue weighted by Gasteiger charge is -2.21. The molecule has 0 unspecified atom stereocenters. The summed E-state index contributed by atoms with van der Waals surface area (Å²) in [5.41, 5.74) is 8.67. The molecule has 4 rings (SSSR count). The molecule has 2 aromatic rings. The molecule has 2 aliphatic rings. The van der Waals surface area contributed by atoms with Gasteiger partial charge in [0.25, 0.3) is 0 Å². The molecule has 0 radical (unpaired) electrons. The molecule has 1 heterocycles. The second-order valence-electron chi connectivity index (χ2n) is 7.61. The van der Waals surface area contributed by atoms with Gasteiger partial charge < -0.3 is 40.9 Å². The quantitative estimate of drug-likeness (QED) is 0.407. The van der Waals surface area contributed by atoms with E-state index in [9.17, 15) is 10.2 Å². The monoisotopic (exact) mass is 432 g/mol. The standard InChI is InChI=1S/C12H12O3.C6H6O3.C5H14N2/c13-8-5-10(14)12-9(7-1-2-7)3-4-15-11(12)6-8;7-4-2-1-3-5(8)6(4)9;1-7(2)5-3-4-6/h5-6,13-14H,1-4H2;1-3,7-9H;3-6H2,1-2H3. The molecule has 0 spiro atoms. The number of rotatable bonds is 3. The maximum Gasteiger partial charge on any atom is 0.200 e. The summed E-state index contributed by atoms with van der Waals surface area (Å²) in [5.74, 6) is -0.317. The van der Waals surface area contributed by atoms with Crippen molar-refractivity contribution in [2.24, 2.45) is 5.73 Å². The van der Waals surface area contributed by atoms with Gasteiger partial charge in [0.15, 0.2) is 17.2 Å². The lowest BCUT2D eigenvalue weighted by Crippen LogP contribution is -2.16. The number of phenolic OH excluding ortho intramolecular Hbond substituents is 5. The van der Waals surface area contributed by atoms with Crippen LogP contribution in [0.5, 0.6) is 34.5 Å². The van der Waals surface area contributed by atoms with Gasteiger partial charge in [-0.2, -0.15) is 0 Å². The minimum atomic E-state index is -0.475. The van der Waals surface area contributed by atoms with Crippen LogP contribution < -0.4 is 10.5 Å². The Hall–Kier alpha value is -3.10. The molecule has 0 saturated heterocycles. The second-order valence-corrected chi connectivity index (χ2v) is 7.61. The average Bonchev–Trinajstić information content (AvgIpc) is 3.56. The Morgan fingerprint density at radius 2 is 1.58 bits per heavy atom. The SMILES string of the molecule is CN(C)CCCN.Oc1cc(O)c2c(c1)OCCC2=C1CC1.Oc1cccc(O)c1O. The summed E-state index contributed by atoms with van der Waals surface area (Å²) in [4.78, 5) is 2.13. The first-order valence-electron chi connectivity index (χ1n) is 10.2. The van der Waals surface area contributed by atoms with Crippen molar-refractivity contribution in [3.63, 3.8) is 0 Å². The number of ether oxygens (including phenoxy) is 1. The van der Waals surface area contributed by atoms with Gasteiger partial charge >= 0.3 is 0 Å². The molecule has 0 amide bonds. The molecule has 0 bridgehead atoms. The molecule has 1 fully saturated rings. The van der Waals surface area contributed by atoms with Crippen LogP contribution in [0.15, 0.2) is 35.9 Å². The largest absolute Gasteiger partial charge is 0.508 e. The third kappa shape index (κ3) is 7.27. The molecule has 2 aromatic carbocycles. The number of benzene rings is 2. The van der Waals surface area contributed by atoms with E-state index in [1.54, 1.807) is 6.07 Å². The Labute approximate surface area is 182 Å². The van der Waals surface area contributed by atoms with Gasteiger partial charge in [0.05, 0.1) is 12.2 Å². The molecule has 0 atom stereocenters. The molecular formula is C23H32N2O6. The predicted molar refractivity (Wildman–Crippen MR) is 120 cm³/mol. The lowest BCUT2D eigenvalue weighted by atomic mass is 9.97. The first-order valence-corrected chi connectivity index (χ1v) is 10.2. The van der Waals surface area contributed by atoms with Crippen molar-refractivity contribution in [2.75, 3.05) is 33.8 Å². The highest BCUT2D eigenvalue weighted by Crippen LogP contribution is 2.47. The average molecular weight is 433 g/mol. The second kappa shape index (κ2) is 11.3. The Kier molecular flexibility index (Phi) is 8.84. The molecule has 0 aromatic heterocycles. The zero-order valence-corrected chi connectivity index (χ0v) is 18.0. The third-order valence-electron chi connectivity index (χ3n) is 4.71. The van der Waals surface area contributed by atoms with E-state index in [0.717, 1.165) is 44.3 Å². The van der Waals surface area contributed by atoms with Crippen LogP contribution in [0.25, 0.3) is 5.57 Å². The van der Waals surface area contributed by atoms with E-state index in [1.165, 1.54) is 35.4 Å². The summed E-state index contributed by atoms with van der Waals surface area (Å²) >= 11 is 0. The highest BCUT2D eigenvalue weighted by atomic mass is 16.5. The molecule has 31 heavy (non-hydrogen) atoms. The highest BCUT2D eigenvalue weighted by Gasteiger charge is 2.27. The zero-order valence-electron chi connectivity index (χ0n) is 18.0. The van der Waals surface area contributed by atoms with Crippen LogP contribution >= 0.6 is 0 Å². The van der Waals surface area contributed by atoms with Crippen LogP contribution in [0.4, 0.5) is 0 Å². The van der Waals surface area contributed by atoms with Crippen LogP contribution in [0.1, 0.15) is 31.2 Å². The van der Waals surface area contributed by atoms with Gasteiger partial charge in [0, 0.05) is 18.6 Å². The summed E-state index contributed by atoms with van der Waals surface area (Å²) in [6, 6.07) is 6.95. The molecule has 7 N–H and O–H groups in total. The van der Waals surface area contributed by atoms with Crippen molar-refractivity contribution < 1.29 is 30.3 Å². The van der Waals surface area contributed by atoms with Crippen molar-refractivity contribution in [1.82, 2.24) is 4.90 Å². The topological polar surface area (TPSA) is 140 Å². The minimum Gasteiger partial charge on any atom is -0.508 e. The van der Waals surface area contributed by atoms with Crippen LogP contribution in [-0.4, -0.2) is 64.2 Å². The van der Waals surface area contributed by atoms with E-state index < -0.39 is 5.75 Å². The molecule has 170 valence electrons. The fourth-order valence-corrected chi connectivity index (χ4v) is 3.04. The molecule has 8 heteroatoms. The number of aromatic hydroxyl groups is 5. The number of nitrogens with zero attached hydrogens (tertiary/aromatic N) is 1. The maximum atomic E-state index is 9.81. The zero-order chi connectivity index (χ0) is 23.0. The van der Waals surface area contributed by atoms with Gasteiger partial charge in [0.2, 0.25) is 0 Å². The van der Waals surface area contributed by atoms with E-state index in [2.05, 4.69) is 19.0 Å². The van der Waals surface area contributed by atoms with E-state index in [-0.39, 0.29) is 23.0 Å². The summed E-state index contributed by atoms with van der Waals surface area (Å²) in [6.45, 7) is 2.55. The van der Waals surface area contributed by atoms with Crippen LogP contribution in [-0.2, 0) is 0 Å². The fourth-order valence-electron chi connectivity index (χ4n) is 3.04. The summed E-state index contributed by atoms with van der Waals surface area (Å²) < 4.78 is 5.44. The molecule has 8 nitrogen and oxygen atoms in total. The van der Waals surface area contributed by atoms with Gasteiger partial charge in [-0.25, -0.2) is 0 Å². The van der Waals surface area contributed by atoms with E-state index in [0.29, 0.717) is 12.4 Å². The molecule has 1 aliphatic carbocycles. The van der Waals surface area contributed by atoms with Crippen molar-refractivity contribution in [2.45, 2.75) is 25.7 Å². The van der Waals surface area contributed by atoms with Gasteiger partial charge in [-0.3, -0.25) is 0 Å². The number of fused-ring (bicyclic) bond motifs is 1. The molecular weight excluding hydrogens is 400 g/mol. The number of hydrogen-bond donors (Lipinski definition) is 6. The number of phenols is 5. The lowest BCUT2D eigenvalue weighted by molar-refractivity contribution is 0.310. The Bertz CT molecular complexity index is 885. The third-order valence-corrected chi connectivity index (χ3v) is 4.71. The normalized spacial score (nSPS) is 13.9. The molecule has 1 saturated carbocycles. The van der Waals surface area contributed by atoms with E-state index in [4.69, 9.17) is 25.8 Å². The Morgan fingerprint density at radius 1 is 0.935 bits per heavy atom. The van der Waals surface area contributed by atoms with Crippen molar-refractivity contribution in [1.29, 1.82) is 0 Å². The number of nitrogens with two attached hydrogens (primary N) is 1. The summed E-state index contributed by atoms with van der Waals surface area (Å²) in [6.07, 6.45) is 4.23. The van der Waals surface area contributed by atoms with Gasteiger partial charge in [0.1, 0.15) is 17.2 Å². The first-order chi connectivity index (χ1) is 14.7. The van der Waals surface area contributed by atoms with E-state index >= 15 is 0 Å². The van der Waals surface area contributed by atoms with Gasteiger partial charge in [-0.05, 0) is 64.2 Å². The Morgan fingerprint density at radius 3 is 2.06 bits per heavy atom. The number of hydrogen-bond acceptors (Lipinski definition) is 8. The van der Waals surface area contributed by atoms with Crippen LogP contribution in [0.2, 0.25) is 0 Å². The van der Waals surface area contributed by atoms with Crippen LogP contribution in [0.3, 0.4) is 0 Å². The van der Waals surface area contributed by atoms with Gasteiger partial charge in [-0.15, -0.1) is 0 Å². The predicted octanol–water partition coefficient (Wildman–Crippen LogP) is 3.13. The van der Waals surface area contributed by atoms with Crippen molar-refractivity contribution in [3.8, 4) is 34.5 Å². The smallest absolute Gasteiger partial charge is 0.200 e. The highest BCUT2D eigenvalue weighted by molar-refractivity contribution is 5.81. The summed E-state index contributed by atoms with van der Waals surface area (Å²) in [5, 5.41) is 45.3. The first kappa shape index (κ1) is 24.2. The van der Waals surface area contributed by atoms with Crippen LogP contribution in [0, 0.1) is 0 Å². The molecule has 1 aliphatic heterocycles. The maximum absolute atomic E-state index is 9.81. The van der Waals surface area contributed by atoms with Crippen molar-refractivity contribution in [3.05, 3.63) is 41.5 Å². The van der Waals surface area contributed by atoms with E-state index in [1.807, 2.05) is 0 Å². The number of para-hydroxylation sites is 1. The summed E-state index contributed by atoms with van der Waals surface area (Å²) in [7, 11) is 4.10. The fraction of sp³-hybridized carbons (Fsp3) is 0.391. The Balaban J connectivity index is 0.000000184. The number of allylic oxidation sites excluding steroid dienone is 1.